The van der Waals surface area contributed by atoms with Crippen molar-refractivity contribution in [1.82, 2.24) is 5.32 Å². The first-order valence-electron chi connectivity index (χ1n) is 5.68. The molecule has 0 saturated heterocycles. The quantitative estimate of drug-likeness (QED) is 0.735. The summed E-state index contributed by atoms with van der Waals surface area (Å²) >= 11 is 0. The van der Waals surface area contributed by atoms with Gasteiger partial charge in [0.1, 0.15) is 0 Å². The van der Waals surface area contributed by atoms with Crippen molar-refractivity contribution in [3.8, 4) is 0 Å². The predicted octanol–water partition coefficient (Wildman–Crippen LogP) is 0.689. The number of primary sulfonamides is 1. The van der Waals surface area contributed by atoms with Crippen LogP contribution in [0.4, 0.5) is 0 Å². The lowest BCUT2D eigenvalue weighted by molar-refractivity contribution is 0.349. The van der Waals surface area contributed by atoms with E-state index in [9.17, 15) is 8.42 Å². The Labute approximate surface area is 92.7 Å². The maximum atomic E-state index is 10.7. The SMILES string of the molecule is CCC1CCC(NCCS(N)(=O)=O)C1C. The molecular formula is C10H22N2O2S. The molecule has 1 rings (SSSR count). The van der Waals surface area contributed by atoms with Crippen molar-refractivity contribution in [3.05, 3.63) is 0 Å². The first-order chi connectivity index (χ1) is 6.94. The highest BCUT2D eigenvalue weighted by Crippen LogP contribution is 2.33. The number of sulfonamides is 1. The van der Waals surface area contributed by atoms with E-state index < -0.39 is 10.0 Å². The van der Waals surface area contributed by atoms with Gasteiger partial charge in [0.15, 0.2) is 0 Å². The van der Waals surface area contributed by atoms with Gasteiger partial charge in [0.2, 0.25) is 10.0 Å². The fourth-order valence-electron chi connectivity index (χ4n) is 2.50. The van der Waals surface area contributed by atoms with Crippen LogP contribution in [0.3, 0.4) is 0 Å². The van der Waals surface area contributed by atoms with Gasteiger partial charge in [-0.2, -0.15) is 0 Å². The molecule has 0 bridgehead atoms. The molecule has 90 valence electrons. The maximum absolute atomic E-state index is 10.7. The Morgan fingerprint density at radius 1 is 1.40 bits per heavy atom. The zero-order valence-electron chi connectivity index (χ0n) is 9.57. The van der Waals surface area contributed by atoms with Crippen LogP contribution in [0.5, 0.6) is 0 Å². The maximum Gasteiger partial charge on any atom is 0.210 e. The number of hydrogen-bond donors (Lipinski definition) is 2. The van der Waals surface area contributed by atoms with Gasteiger partial charge in [-0.15, -0.1) is 0 Å². The Bertz CT molecular complexity index is 290. The van der Waals surface area contributed by atoms with Crippen LogP contribution in [-0.2, 0) is 10.0 Å². The Morgan fingerprint density at radius 3 is 2.53 bits per heavy atom. The second-order valence-electron chi connectivity index (χ2n) is 4.53. The summed E-state index contributed by atoms with van der Waals surface area (Å²) in [6.07, 6.45) is 3.63. The summed E-state index contributed by atoms with van der Waals surface area (Å²) in [5, 5.41) is 8.23. The Morgan fingerprint density at radius 2 is 2.07 bits per heavy atom. The molecule has 1 fully saturated rings. The molecule has 1 aliphatic rings. The molecule has 0 radical (unpaired) electrons. The third kappa shape index (κ3) is 4.09. The summed E-state index contributed by atoms with van der Waals surface area (Å²) in [7, 11) is -3.31. The van der Waals surface area contributed by atoms with Crippen LogP contribution in [0.25, 0.3) is 0 Å². The molecule has 5 heteroatoms. The predicted molar refractivity (Wildman–Crippen MR) is 61.9 cm³/mol. The third-order valence-corrected chi connectivity index (χ3v) is 4.32. The summed E-state index contributed by atoms with van der Waals surface area (Å²) in [6.45, 7) is 4.94. The van der Waals surface area contributed by atoms with Crippen LogP contribution in [0.15, 0.2) is 0 Å². The van der Waals surface area contributed by atoms with Crippen LogP contribution in [0.2, 0.25) is 0 Å². The van der Waals surface area contributed by atoms with Gasteiger partial charge in [0, 0.05) is 12.6 Å². The highest BCUT2D eigenvalue weighted by atomic mass is 32.2. The lowest BCUT2D eigenvalue weighted by Crippen LogP contribution is -2.37. The smallest absolute Gasteiger partial charge is 0.210 e. The number of rotatable bonds is 5. The van der Waals surface area contributed by atoms with E-state index in [1.807, 2.05) is 0 Å². The topological polar surface area (TPSA) is 72.2 Å². The fourth-order valence-corrected chi connectivity index (χ4v) is 2.90. The minimum atomic E-state index is -3.31. The summed E-state index contributed by atoms with van der Waals surface area (Å²) in [6, 6.07) is 0.469. The molecule has 0 aliphatic heterocycles. The molecule has 0 amide bonds. The highest BCUT2D eigenvalue weighted by Gasteiger charge is 2.30. The number of nitrogens with two attached hydrogens (primary N) is 1. The monoisotopic (exact) mass is 234 g/mol. The van der Waals surface area contributed by atoms with Crippen molar-refractivity contribution >= 4 is 10.0 Å². The van der Waals surface area contributed by atoms with E-state index in [-0.39, 0.29) is 5.75 Å². The van der Waals surface area contributed by atoms with Crippen LogP contribution < -0.4 is 10.5 Å². The van der Waals surface area contributed by atoms with Gasteiger partial charge in [-0.25, -0.2) is 13.6 Å². The van der Waals surface area contributed by atoms with Gasteiger partial charge in [-0.3, -0.25) is 0 Å². The zero-order chi connectivity index (χ0) is 11.5. The minimum Gasteiger partial charge on any atom is -0.313 e. The van der Waals surface area contributed by atoms with Crippen LogP contribution >= 0.6 is 0 Å². The zero-order valence-corrected chi connectivity index (χ0v) is 10.4. The first kappa shape index (κ1) is 12.9. The first-order valence-corrected chi connectivity index (χ1v) is 7.39. The molecule has 3 atom stereocenters. The van der Waals surface area contributed by atoms with Gasteiger partial charge < -0.3 is 5.32 Å². The largest absolute Gasteiger partial charge is 0.313 e. The van der Waals surface area contributed by atoms with Crippen molar-refractivity contribution in [2.45, 2.75) is 39.2 Å². The van der Waals surface area contributed by atoms with E-state index in [1.54, 1.807) is 0 Å². The van der Waals surface area contributed by atoms with Gasteiger partial charge in [-0.05, 0) is 24.7 Å². The normalized spacial score (nSPS) is 32.1. The molecule has 1 aliphatic carbocycles. The molecule has 0 aromatic rings. The van der Waals surface area contributed by atoms with Gasteiger partial charge >= 0.3 is 0 Å². The Balaban J connectivity index is 2.29. The summed E-state index contributed by atoms with van der Waals surface area (Å²) in [5.41, 5.74) is 0. The van der Waals surface area contributed by atoms with Crippen LogP contribution in [0.1, 0.15) is 33.1 Å². The number of hydrogen-bond acceptors (Lipinski definition) is 3. The van der Waals surface area contributed by atoms with E-state index in [1.165, 1.54) is 12.8 Å². The van der Waals surface area contributed by atoms with Crippen molar-refractivity contribution in [2.24, 2.45) is 17.0 Å². The molecular weight excluding hydrogens is 212 g/mol. The van der Waals surface area contributed by atoms with E-state index in [0.29, 0.717) is 18.5 Å². The molecule has 15 heavy (non-hydrogen) atoms. The van der Waals surface area contributed by atoms with Gasteiger partial charge in [0.25, 0.3) is 0 Å². The van der Waals surface area contributed by atoms with Crippen molar-refractivity contribution in [3.63, 3.8) is 0 Å². The van der Waals surface area contributed by atoms with E-state index in [4.69, 9.17) is 5.14 Å². The minimum absolute atomic E-state index is 0.0347. The highest BCUT2D eigenvalue weighted by molar-refractivity contribution is 7.89. The van der Waals surface area contributed by atoms with Gasteiger partial charge in [-0.1, -0.05) is 20.3 Å². The molecule has 1 saturated carbocycles. The van der Waals surface area contributed by atoms with E-state index in [2.05, 4.69) is 19.2 Å². The van der Waals surface area contributed by atoms with E-state index >= 15 is 0 Å². The lowest BCUT2D eigenvalue weighted by Gasteiger charge is -2.20. The van der Waals surface area contributed by atoms with Crippen LogP contribution in [0, 0.1) is 11.8 Å². The second-order valence-corrected chi connectivity index (χ2v) is 6.27. The van der Waals surface area contributed by atoms with Crippen molar-refractivity contribution < 1.29 is 8.42 Å². The second kappa shape index (κ2) is 5.27. The average molecular weight is 234 g/mol. The van der Waals surface area contributed by atoms with Crippen LogP contribution in [-0.4, -0.2) is 26.8 Å². The molecule has 0 aromatic heterocycles. The molecule has 3 unspecified atom stereocenters. The Kier molecular flexibility index (Phi) is 4.55. The summed E-state index contributed by atoms with van der Waals surface area (Å²) in [4.78, 5) is 0. The molecule has 0 aromatic carbocycles. The average Bonchev–Trinajstić information content (AvgIpc) is 2.46. The van der Waals surface area contributed by atoms with Crippen molar-refractivity contribution in [1.29, 1.82) is 0 Å². The summed E-state index contributed by atoms with van der Waals surface area (Å²) in [5.74, 6) is 1.47. The molecule has 3 N–H and O–H groups in total. The lowest BCUT2D eigenvalue weighted by atomic mass is 9.93. The Hall–Kier alpha value is -0.130. The van der Waals surface area contributed by atoms with E-state index in [0.717, 1.165) is 12.3 Å². The molecule has 4 nitrogen and oxygen atoms in total. The summed E-state index contributed by atoms with van der Waals surface area (Å²) < 4.78 is 21.5. The number of nitrogens with one attached hydrogen (secondary N) is 1. The molecule has 0 heterocycles. The van der Waals surface area contributed by atoms with Gasteiger partial charge in [0.05, 0.1) is 5.75 Å². The standard InChI is InChI=1S/C10H22N2O2S/c1-3-9-4-5-10(8(9)2)12-6-7-15(11,13)14/h8-10,12H,3-7H2,1-2H3,(H2,11,13,14). The molecule has 0 spiro atoms. The third-order valence-electron chi connectivity index (χ3n) is 3.54. The van der Waals surface area contributed by atoms with Crippen molar-refractivity contribution in [2.75, 3.05) is 12.3 Å². The fraction of sp³-hybridized carbons (Fsp3) is 1.00.